The summed E-state index contributed by atoms with van der Waals surface area (Å²) in [5, 5.41) is 2.82. The van der Waals surface area contributed by atoms with Gasteiger partial charge in [0, 0.05) is 24.0 Å². The Morgan fingerprint density at radius 1 is 1.30 bits per heavy atom. The van der Waals surface area contributed by atoms with Crippen molar-refractivity contribution in [3.05, 3.63) is 48.7 Å². The lowest BCUT2D eigenvalue weighted by Gasteiger charge is -2.18. The summed E-state index contributed by atoms with van der Waals surface area (Å²) in [6.45, 7) is 3.98. The van der Waals surface area contributed by atoms with E-state index in [1.54, 1.807) is 30.5 Å². The molecule has 124 valence electrons. The normalized spacial score (nSPS) is 12.7. The SMILES string of the molecule is CCC(C)C(N)C(=O)Nc1cccc(Oc2ccccn2)c1.Cl. The lowest BCUT2D eigenvalue weighted by atomic mass is 9.99. The zero-order chi connectivity index (χ0) is 15.9. The van der Waals surface area contributed by atoms with Crippen molar-refractivity contribution in [1.29, 1.82) is 0 Å². The maximum atomic E-state index is 12.1. The van der Waals surface area contributed by atoms with Crippen molar-refractivity contribution in [1.82, 2.24) is 4.98 Å². The van der Waals surface area contributed by atoms with Gasteiger partial charge in [0.05, 0.1) is 6.04 Å². The Morgan fingerprint density at radius 3 is 2.74 bits per heavy atom. The summed E-state index contributed by atoms with van der Waals surface area (Å²) in [5.41, 5.74) is 6.58. The van der Waals surface area contributed by atoms with Crippen molar-refractivity contribution in [3.63, 3.8) is 0 Å². The van der Waals surface area contributed by atoms with Gasteiger partial charge in [0.1, 0.15) is 5.75 Å². The van der Waals surface area contributed by atoms with E-state index in [9.17, 15) is 4.79 Å². The van der Waals surface area contributed by atoms with Crippen LogP contribution in [0.5, 0.6) is 11.6 Å². The molecule has 0 spiro atoms. The fraction of sp³-hybridized carbons (Fsp3) is 0.294. The quantitative estimate of drug-likeness (QED) is 0.845. The second kappa shape index (κ2) is 9.12. The third-order valence-corrected chi connectivity index (χ3v) is 3.52. The molecule has 0 saturated heterocycles. The van der Waals surface area contributed by atoms with E-state index in [4.69, 9.17) is 10.5 Å². The van der Waals surface area contributed by atoms with Gasteiger partial charge in [0.25, 0.3) is 0 Å². The molecule has 2 atom stereocenters. The fourth-order valence-electron chi connectivity index (χ4n) is 1.90. The van der Waals surface area contributed by atoms with Crippen LogP contribution in [-0.2, 0) is 4.79 Å². The molecule has 3 N–H and O–H groups in total. The second-order valence-corrected chi connectivity index (χ2v) is 5.20. The minimum absolute atomic E-state index is 0. The molecule has 2 unspecified atom stereocenters. The van der Waals surface area contributed by atoms with E-state index in [0.29, 0.717) is 17.3 Å². The lowest BCUT2D eigenvalue weighted by molar-refractivity contribution is -0.118. The molecule has 5 nitrogen and oxygen atoms in total. The van der Waals surface area contributed by atoms with Gasteiger partial charge in [-0.3, -0.25) is 4.79 Å². The largest absolute Gasteiger partial charge is 0.439 e. The monoisotopic (exact) mass is 335 g/mol. The number of nitrogens with two attached hydrogens (primary N) is 1. The van der Waals surface area contributed by atoms with Crippen molar-refractivity contribution in [2.75, 3.05) is 5.32 Å². The number of pyridine rings is 1. The van der Waals surface area contributed by atoms with Gasteiger partial charge in [0.15, 0.2) is 0 Å². The first-order valence-corrected chi connectivity index (χ1v) is 7.35. The highest BCUT2D eigenvalue weighted by atomic mass is 35.5. The van der Waals surface area contributed by atoms with Gasteiger partial charge in [-0.05, 0) is 24.1 Å². The molecule has 0 aliphatic heterocycles. The smallest absolute Gasteiger partial charge is 0.241 e. The Morgan fingerprint density at radius 2 is 2.09 bits per heavy atom. The topological polar surface area (TPSA) is 77.2 Å². The Kier molecular flexibility index (Phi) is 7.51. The fourth-order valence-corrected chi connectivity index (χ4v) is 1.90. The van der Waals surface area contributed by atoms with Crippen LogP contribution < -0.4 is 15.8 Å². The van der Waals surface area contributed by atoms with Crippen LogP contribution in [0.15, 0.2) is 48.7 Å². The first-order chi connectivity index (χ1) is 10.6. The average molecular weight is 336 g/mol. The minimum atomic E-state index is -0.523. The number of amides is 1. The predicted molar refractivity (Wildman–Crippen MR) is 94.1 cm³/mol. The van der Waals surface area contributed by atoms with Crippen molar-refractivity contribution >= 4 is 24.0 Å². The number of hydrogen-bond donors (Lipinski definition) is 2. The number of carbonyl (C=O) groups is 1. The molecular formula is C17H22ClN3O2. The Labute approximate surface area is 142 Å². The highest BCUT2D eigenvalue weighted by molar-refractivity contribution is 5.95. The summed E-state index contributed by atoms with van der Waals surface area (Å²) in [6, 6.07) is 12.1. The van der Waals surface area contributed by atoms with Crippen LogP contribution in [0.4, 0.5) is 5.69 Å². The van der Waals surface area contributed by atoms with Crippen molar-refractivity contribution < 1.29 is 9.53 Å². The van der Waals surface area contributed by atoms with Crippen molar-refractivity contribution in [3.8, 4) is 11.6 Å². The van der Waals surface area contributed by atoms with Gasteiger partial charge < -0.3 is 15.8 Å². The Bertz CT molecular complexity index is 622. The Hall–Kier alpha value is -2.11. The van der Waals surface area contributed by atoms with Crippen LogP contribution >= 0.6 is 12.4 Å². The molecule has 0 aliphatic carbocycles. The second-order valence-electron chi connectivity index (χ2n) is 5.20. The van der Waals surface area contributed by atoms with Crippen LogP contribution in [0.1, 0.15) is 20.3 Å². The minimum Gasteiger partial charge on any atom is -0.439 e. The first-order valence-electron chi connectivity index (χ1n) is 7.35. The number of benzene rings is 1. The zero-order valence-corrected chi connectivity index (χ0v) is 14.0. The number of nitrogens with zero attached hydrogens (tertiary/aromatic N) is 1. The highest BCUT2D eigenvalue weighted by Crippen LogP contribution is 2.22. The number of rotatable bonds is 6. The molecule has 1 aromatic carbocycles. The number of anilines is 1. The van der Waals surface area contributed by atoms with Gasteiger partial charge in [-0.1, -0.05) is 32.4 Å². The van der Waals surface area contributed by atoms with Crippen LogP contribution in [0.3, 0.4) is 0 Å². The first kappa shape index (κ1) is 18.9. The molecule has 0 saturated carbocycles. The number of ether oxygens (including phenoxy) is 1. The molecular weight excluding hydrogens is 314 g/mol. The summed E-state index contributed by atoms with van der Waals surface area (Å²) >= 11 is 0. The molecule has 6 heteroatoms. The molecule has 0 fully saturated rings. The van der Waals surface area contributed by atoms with E-state index >= 15 is 0 Å². The third kappa shape index (κ3) is 5.54. The molecule has 2 aromatic rings. The van der Waals surface area contributed by atoms with E-state index in [1.807, 2.05) is 32.0 Å². The number of halogens is 1. The highest BCUT2D eigenvalue weighted by Gasteiger charge is 2.19. The predicted octanol–water partition coefficient (Wildman–Crippen LogP) is 3.61. The van der Waals surface area contributed by atoms with Crippen molar-refractivity contribution in [2.24, 2.45) is 11.7 Å². The van der Waals surface area contributed by atoms with Crippen molar-refractivity contribution in [2.45, 2.75) is 26.3 Å². The van der Waals surface area contributed by atoms with E-state index < -0.39 is 6.04 Å². The summed E-state index contributed by atoms with van der Waals surface area (Å²) in [7, 11) is 0. The molecule has 23 heavy (non-hydrogen) atoms. The summed E-state index contributed by atoms with van der Waals surface area (Å²) < 4.78 is 5.64. The molecule has 0 bridgehead atoms. The van der Waals surface area contributed by atoms with Crippen LogP contribution in [0.25, 0.3) is 0 Å². The zero-order valence-electron chi connectivity index (χ0n) is 13.2. The maximum absolute atomic E-state index is 12.1. The van der Waals surface area contributed by atoms with E-state index in [1.165, 1.54) is 0 Å². The third-order valence-electron chi connectivity index (χ3n) is 3.52. The molecule has 0 aliphatic rings. The van der Waals surface area contributed by atoms with Gasteiger partial charge in [0.2, 0.25) is 11.8 Å². The average Bonchev–Trinajstić information content (AvgIpc) is 2.54. The van der Waals surface area contributed by atoms with Gasteiger partial charge in [-0.15, -0.1) is 12.4 Å². The van der Waals surface area contributed by atoms with Crippen LogP contribution in [-0.4, -0.2) is 16.9 Å². The Balaban J connectivity index is 0.00000264. The van der Waals surface area contributed by atoms with E-state index in [0.717, 1.165) is 6.42 Å². The summed E-state index contributed by atoms with van der Waals surface area (Å²) in [5.74, 6) is 1.05. The molecule has 1 aromatic heterocycles. The van der Waals surface area contributed by atoms with Crippen LogP contribution in [0, 0.1) is 5.92 Å². The standard InChI is InChI=1S/C17H21N3O2.ClH/c1-3-12(2)16(18)17(21)20-13-7-6-8-14(11-13)22-15-9-4-5-10-19-15;/h4-12,16H,3,18H2,1-2H3,(H,20,21);1H. The molecule has 1 amide bonds. The number of carbonyl (C=O) groups excluding carboxylic acids is 1. The van der Waals surface area contributed by atoms with E-state index in [-0.39, 0.29) is 24.2 Å². The summed E-state index contributed by atoms with van der Waals surface area (Å²) in [4.78, 5) is 16.2. The van der Waals surface area contributed by atoms with Gasteiger partial charge >= 0.3 is 0 Å². The van der Waals surface area contributed by atoms with E-state index in [2.05, 4.69) is 10.3 Å². The summed E-state index contributed by atoms with van der Waals surface area (Å²) in [6.07, 6.45) is 2.52. The van der Waals surface area contributed by atoms with Crippen LogP contribution in [0.2, 0.25) is 0 Å². The number of nitrogens with one attached hydrogen (secondary N) is 1. The lowest BCUT2D eigenvalue weighted by Crippen LogP contribution is -2.40. The molecule has 0 radical (unpaired) electrons. The molecule has 2 rings (SSSR count). The molecule has 1 heterocycles. The van der Waals surface area contributed by atoms with Gasteiger partial charge in [-0.25, -0.2) is 4.98 Å². The van der Waals surface area contributed by atoms with Gasteiger partial charge in [-0.2, -0.15) is 0 Å². The number of hydrogen-bond acceptors (Lipinski definition) is 4. The number of aromatic nitrogens is 1. The maximum Gasteiger partial charge on any atom is 0.241 e.